The molecule has 1 unspecified atom stereocenters. The van der Waals surface area contributed by atoms with Crippen LogP contribution in [0.25, 0.3) is 49.5 Å². The summed E-state index contributed by atoms with van der Waals surface area (Å²) in [6.07, 6.45) is 9.90. The lowest BCUT2D eigenvalue weighted by atomic mass is 9.85. The molecule has 232 valence electrons. The van der Waals surface area contributed by atoms with Gasteiger partial charge in [-0.3, -0.25) is 0 Å². The molecule has 0 amide bonds. The number of benzene rings is 7. The Kier molecular flexibility index (Phi) is 9.79. The van der Waals surface area contributed by atoms with Crippen LogP contribution in [0, 0.1) is 27.7 Å². The van der Waals surface area contributed by atoms with Gasteiger partial charge in [0.1, 0.15) is 0 Å². The lowest BCUT2D eigenvalue weighted by Crippen LogP contribution is -1.94. The van der Waals surface area contributed by atoms with Crippen LogP contribution in [0.4, 0.5) is 0 Å². The van der Waals surface area contributed by atoms with Gasteiger partial charge in [0.15, 0.2) is 0 Å². The molecule has 7 aromatic rings. The predicted octanol–water partition coefficient (Wildman–Crippen LogP) is 13.5. The topological polar surface area (TPSA) is 0 Å². The maximum atomic E-state index is 2.28. The molecular weight excluding hydrogens is 565 g/mol. The summed E-state index contributed by atoms with van der Waals surface area (Å²) in [5.41, 5.74) is 10.9. The van der Waals surface area contributed by atoms with Crippen molar-refractivity contribution in [3.8, 4) is 11.1 Å². The second-order valence-electron chi connectivity index (χ2n) is 12.6. The largest absolute Gasteiger partial charge is 0.0770 e. The van der Waals surface area contributed by atoms with E-state index in [1.165, 1.54) is 83.2 Å². The summed E-state index contributed by atoms with van der Waals surface area (Å²) in [5.74, 6) is 0.589. The molecule has 8 rings (SSSR count). The molecule has 0 nitrogen and oxygen atoms in total. The lowest BCUT2D eigenvalue weighted by molar-refractivity contribution is 0.805. The zero-order valence-corrected chi connectivity index (χ0v) is 28.3. The summed E-state index contributed by atoms with van der Waals surface area (Å²) < 4.78 is 0. The number of allylic oxidation sites excluding steroid dienone is 3. The van der Waals surface area contributed by atoms with E-state index in [1.54, 1.807) is 0 Å². The number of fused-ring (bicyclic) bond motifs is 5. The van der Waals surface area contributed by atoms with Crippen molar-refractivity contribution in [1.82, 2.24) is 0 Å². The summed E-state index contributed by atoms with van der Waals surface area (Å²) in [6.45, 7) is 10.9. The average Bonchev–Trinajstić information content (AvgIpc) is 3.33. The second kappa shape index (κ2) is 14.5. The van der Waals surface area contributed by atoms with Gasteiger partial charge in [0, 0.05) is 5.92 Å². The van der Waals surface area contributed by atoms with E-state index in [4.69, 9.17) is 0 Å². The molecule has 0 N–H and O–H groups in total. The highest BCUT2D eigenvalue weighted by atomic mass is 14.2. The van der Waals surface area contributed by atoms with Crippen LogP contribution >= 0.6 is 0 Å². The van der Waals surface area contributed by atoms with Gasteiger partial charge in [-0.15, -0.1) is 0 Å². The van der Waals surface area contributed by atoms with Crippen LogP contribution in [0.3, 0.4) is 0 Å². The molecule has 0 heteroatoms. The van der Waals surface area contributed by atoms with Gasteiger partial charge in [-0.25, -0.2) is 0 Å². The van der Waals surface area contributed by atoms with Crippen LogP contribution < -0.4 is 0 Å². The highest BCUT2D eigenvalue weighted by Crippen LogP contribution is 2.42. The van der Waals surface area contributed by atoms with E-state index in [0.717, 1.165) is 0 Å². The van der Waals surface area contributed by atoms with Gasteiger partial charge in [-0.1, -0.05) is 176 Å². The molecule has 1 aliphatic carbocycles. The van der Waals surface area contributed by atoms with E-state index in [9.17, 15) is 0 Å². The van der Waals surface area contributed by atoms with Crippen LogP contribution in [0.2, 0.25) is 0 Å². The third-order valence-corrected chi connectivity index (χ3v) is 9.36. The van der Waals surface area contributed by atoms with E-state index in [2.05, 4.69) is 192 Å². The lowest BCUT2D eigenvalue weighted by Gasteiger charge is -2.18. The van der Waals surface area contributed by atoms with Crippen LogP contribution in [0.15, 0.2) is 152 Å². The summed E-state index contributed by atoms with van der Waals surface area (Å²) in [6, 6.07) is 47.9. The molecule has 0 fully saturated rings. The Balaban J connectivity index is 0.000000152. The number of aryl methyl sites for hydroxylation is 4. The van der Waals surface area contributed by atoms with E-state index in [1.807, 2.05) is 0 Å². The first-order chi connectivity index (χ1) is 23.0. The van der Waals surface area contributed by atoms with Crippen molar-refractivity contribution >= 4 is 38.4 Å². The fraction of sp³-hybridized carbons (Fsp3) is 0.149. The van der Waals surface area contributed by atoms with Crippen molar-refractivity contribution in [2.24, 2.45) is 0 Å². The number of hydrogen-bond acceptors (Lipinski definition) is 0. The molecule has 7 aromatic carbocycles. The predicted molar refractivity (Wildman–Crippen MR) is 207 cm³/mol. The molecule has 0 saturated carbocycles. The normalized spacial score (nSPS) is 13.3. The van der Waals surface area contributed by atoms with E-state index >= 15 is 0 Å². The van der Waals surface area contributed by atoms with Gasteiger partial charge >= 0.3 is 0 Å². The minimum Gasteiger partial charge on any atom is -0.0770 e. The first kappa shape index (κ1) is 31.8. The Hall–Kier alpha value is -5.20. The van der Waals surface area contributed by atoms with Crippen molar-refractivity contribution in [3.05, 3.63) is 185 Å². The average molecular weight is 609 g/mol. The third kappa shape index (κ3) is 6.83. The quantitative estimate of drug-likeness (QED) is 0.171. The monoisotopic (exact) mass is 608 g/mol. The molecule has 0 bridgehead atoms. The maximum Gasteiger partial charge on any atom is 0.00244 e. The minimum atomic E-state index is 0.589. The molecule has 0 saturated heterocycles. The Bertz CT molecular complexity index is 2190. The van der Waals surface area contributed by atoms with Gasteiger partial charge < -0.3 is 0 Å². The summed E-state index contributed by atoms with van der Waals surface area (Å²) in [4.78, 5) is 0. The Morgan fingerprint density at radius 3 is 1.70 bits per heavy atom. The van der Waals surface area contributed by atoms with Crippen molar-refractivity contribution < 1.29 is 0 Å². The molecule has 0 heterocycles. The molecule has 0 aromatic heterocycles. The van der Waals surface area contributed by atoms with Crippen molar-refractivity contribution in [3.63, 3.8) is 0 Å². The second-order valence-corrected chi connectivity index (χ2v) is 12.6. The molecule has 0 aliphatic heterocycles. The zero-order chi connectivity index (χ0) is 32.8. The minimum absolute atomic E-state index is 0.589. The Morgan fingerprint density at radius 2 is 1.02 bits per heavy atom. The standard InChI is InChI=1S/C26H20.C13H14.C8H10/c1-17-15-16-19-9-3-4-11-21(19)25(17)26-18(2)20-10-5-6-12-22(20)23-13-7-8-14-24(23)26;1-2-11-7-3-4-8-12-9-5-6-10-13(11)12;1-7-3-5-8(2)6-4-7/h3-16H,1-2H3;3-11H,2H2,1H3;3-6H,1-2H3. The number of hydrogen-bond donors (Lipinski definition) is 0. The van der Waals surface area contributed by atoms with Gasteiger partial charge in [0.25, 0.3) is 0 Å². The SMILES string of the molecule is CCC1C=CC=Cc2ccccc21.Cc1ccc(C)cc1.Cc1ccc2ccccc2c1-c1c(C)c2ccccc2c2ccccc12. The fourth-order valence-corrected chi connectivity index (χ4v) is 6.81. The third-order valence-electron chi connectivity index (χ3n) is 9.36. The van der Waals surface area contributed by atoms with Gasteiger partial charge in [0.2, 0.25) is 0 Å². The van der Waals surface area contributed by atoms with E-state index < -0.39 is 0 Å². The van der Waals surface area contributed by atoms with Gasteiger partial charge in [-0.05, 0) is 99.8 Å². The Labute approximate surface area is 280 Å². The summed E-state index contributed by atoms with van der Waals surface area (Å²) in [5, 5.41) is 7.97. The van der Waals surface area contributed by atoms with E-state index in [0.29, 0.717) is 5.92 Å². The summed E-state index contributed by atoms with van der Waals surface area (Å²) in [7, 11) is 0. The van der Waals surface area contributed by atoms with Crippen LogP contribution in [-0.4, -0.2) is 0 Å². The molecular formula is C47H44. The van der Waals surface area contributed by atoms with Crippen LogP contribution in [0.1, 0.15) is 52.6 Å². The van der Waals surface area contributed by atoms with Crippen molar-refractivity contribution in [2.75, 3.05) is 0 Å². The van der Waals surface area contributed by atoms with Gasteiger partial charge in [-0.2, -0.15) is 0 Å². The smallest absolute Gasteiger partial charge is 0.00244 e. The molecule has 1 aliphatic rings. The van der Waals surface area contributed by atoms with Crippen LogP contribution in [-0.2, 0) is 0 Å². The van der Waals surface area contributed by atoms with Crippen molar-refractivity contribution in [2.45, 2.75) is 47.0 Å². The maximum absolute atomic E-state index is 2.28. The first-order valence-corrected chi connectivity index (χ1v) is 16.8. The number of rotatable bonds is 2. The van der Waals surface area contributed by atoms with Crippen LogP contribution in [0.5, 0.6) is 0 Å². The van der Waals surface area contributed by atoms with Crippen molar-refractivity contribution in [1.29, 1.82) is 0 Å². The van der Waals surface area contributed by atoms with E-state index in [-0.39, 0.29) is 0 Å². The molecule has 0 spiro atoms. The zero-order valence-electron chi connectivity index (χ0n) is 28.3. The summed E-state index contributed by atoms with van der Waals surface area (Å²) >= 11 is 0. The molecule has 1 atom stereocenters. The highest BCUT2D eigenvalue weighted by Gasteiger charge is 2.16. The first-order valence-electron chi connectivity index (χ1n) is 16.8. The highest BCUT2D eigenvalue weighted by molar-refractivity contribution is 6.18. The fourth-order valence-electron chi connectivity index (χ4n) is 6.81. The molecule has 47 heavy (non-hydrogen) atoms. The Morgan fingerprint density at radius 1 is 0.468 bits per heavy atom. The molecule has 0 radical (unpaired) electrons. The van der Waals surface area contributed by atoms with Gasteiger partial charge in [0.05, 0.1) is 0 Å².